The van der Waals surface area contributed by atoms with Crippen LogP contribution in [-0.2, 0) is 4.74 Å². The Labute approximate surface area is 96.0 Å². The molecule has 88 valence electrons. The summed E-state index contributed by atoms with van der Waals surface area (Å²) in [5, 5.41) is 19.6. The molecule has 5 nitrogen and oxygen atoms in total. The third kappa shape index (κ3) is 7.64. The molecule has 0 saturated carbocycles. The molecule has 1 atom stereocenters. The SMILES string of the molecule is CC(C)(C)OC(=O)NC(C#N)CCCC#N. The van der Waals surface area contributed by atoms with Crippen molar-refractivity contribution in [3.05, 3.63) is 0 Å². The second-order valence-corrected chi connectivity index (χ2v) is 4.38. The molecule has 0 rings (SSSR count). The molecule has 0 spiro atoms. The van der Waals surface area contributed by atoms with Gasteiger partial charge in [-0.3, -0.25) is 0 Å². The Morgan fingerprint density at radius 1 is 1.44 bits per heavy atom. The van der Waals surface area contributed by atoms with Gasteiger partial charge in [0.05, 0.1) is 12.1 Å². The molecular formula is C11H17N3O2. The van der Waals surface area contributed by atoms with E-state index in [-0.39, 0.29) is 0 Å². The first-order valence-electron chi connectivity index (χ1n) is 5.15. The lowest BCUT2D eigenvalue weighted by Gasteiger charge is -2.21. The maximum absolute atomic E-state index is 11.3. The average molecular weight is 223 g/mol. The van der Waals surface area contributed by atoms with Crippen molar-refractivity contribution in [2.75, 3.05) is 0 Å². The lowest BCUT2D eigenvalue weighted by atomic mass is 10.1. The Hall–Kier alpha value is -1.75. The molecule has 1 N–H and O–H groups in total. The molecule has 0 heterocycles. The molecule has 0 aromatic heterocycles. The van der Waals surface area contributed by atoms with Crippen molar-refractivity contribution >= 4 is 6.09 Å². The molecule has 0 aromatic rings. The van der Waals surface area contributed by atoms with E-state index >= 15 is 0 Å². The standard InChI is InChI=1S/C11H17N3O2/c1-11(2,3)16-10(15)14-9(8-13)6-4-5-7-12/h9H,4-6H2,1-3H3,(H,14,15). The summed E-state index contributed by atoms with van der Waals surface area (Å²) < 4.78 is 5.01. The van der Waals surface area contributed by atoms with Crippen LogP contribution in [0.2, 0.25) is 0 Å². The molecular weight excluding hydrogens is 206 g/mol. The molecule has 0 fully saturated rings. The Balaban J connectivity index is 4.00. The van der Waals surface area contributed by atoms with Gasteiger partial charge in [0.2, 0.25) is 0 Å². The van der Waals surface area contributed by atoms with Crippen molar-refractivity contribution in [1.82, 2.24) is 5.32 Å². The fourth-order valence-electron chi connectivity index (χ4n) is 1.00. The van der Waals surface area contributed by atoms with E-state index in [1.165, 1.54) is 0 Å². The van der Waals surface area contributed by atoms with Crippen molar-refractivity contribution < 1.29 is 9.53 Å². The van der Waals surface area contributed by atoms with Crippen molar-refractivity contribution in [2.45, 2.75) is 51.7 Å². The smallest absolute Gasteiger partial charge is 0.408 e. The van der Waals surface area contributed by atoms with Crippen molar-refractivity contribution in [3.63, 3.8) is 0 Å². The van der Waals surface area contributed by atoms with Crippen LogP contribution in [0.4, 0.5) is 4.79 Å². The summed E-state index contributed by atoms with van der Waals surface area (Å²) in [5.41, 5.74) is -0.573. The summed E-state index contributed by atoms with van der Waals surface area (Å²) in [7, 11) is 0. The number of carbonyl (C=O) groups is 1. The summed E-state index contributed by atoms with van der Waals surface area (Å²) in [5.74, 6) is 0. The minimum absolute atomic E-state index is 0.383. The predicted molar refractivity (Wildman–Crippen MR) is 58.2 cm³/mol. The number of nitrogens with zero attached hydrogens (tertiary/aromatic N) is 2. The van der Waals surface area contributed by atoms with Gasteiger partial charge in [0.25, 0.3) is 0 Å². The van der Waals surface area contributed by atoms with Crippen LogP contribution in [0.1, 0.15) is 40.0 Å². The molecule has 0 aliphatic rings. The Morgan fingerprint density at radius 2 is 2.06 bits per heavy atom. The van der Waals surface area contributed by atoms with Gasteiger partial charge < -0.3 is 10.1 Å². The molecule has 0 radical (unpaired) electrons. The number of alkyl carbamates (subject to hydrolysis) is 1. The molecule has 0 saturated heterocycles. The van der Waals surface area contributed by atoms with Gasteiger partial charge in [-0.05, 0) is 33.6 Å². The lowest BCUT2D eigenvalue weighted by molar-refractivity contribution is 0.0514. The highest BCUT2D eigenvalue weighted by Crippen LogP contribution is 2.07. The van der Waals surface area contributed by atoms with Crippen molar-refractivity contribution in [3.8, 4) is 12.1 Å². The van der Waals surface area contributed by atoms with Crippen LogP contribution >= 0.6 is 0 Å². The molecule has 1 unspecified atom stereocenters. The normalized spacial score (nSPS) is 12.1. The zero-order valence-corrected chi connectivity index (χ0v) is 9.91. The van der Waals surface area contributed by atoms with E-state index < -0.39 is 17.7 Å². The molecule has 5 heteroatoms. The molecule has 0 aliphatic carbocycles. The van der Waals surface area contributed by atoms with E-state index in [1.807, 2.05) is 12.1 Å². The van der Waals surface area contributed by atoms with Crippen molar-refractivity contribution in [2.24, 2.45) is 0 Å². The third-order valence-corrected chi connectivity index (χ3v) is 1.63. The van der Waals surface area contributed by atoms with Gasteiger partial charge in [0.1, 0.15) is 11.6 Å². The first-order chi connectivity index (χ1) is 7.39. The molecule has 0 bridgehead atoms. The first-order valence-corrected chi connectivity index (χ1v) is 5.15. The molecule has 0 aliphatic heterocycles. The van der Waals surface area contributed by atoms with Gasteiger partial charge in [0, 0.05) is 6.42 Å². The van der Waals surface area contributed by atoms with E-state index in [2.05, 4.69) is 5.32 Å². The van der Waals surface area contributed by atoms with Crippen molar-refractivity contribution in [1.29, 1.82) is 10.5 Å². The number of ether oxygens (including phenoxy) is 1. The molecule has 0 aromatic carbocycles. The van der Waals surface area contributed by atoms with E-state index in [9.17, 15) is 4.79 Å². The van der Waals surface area contributed by atoms with E-state index in [0.29, 0.717) is 19.3 Å². The number of hydrogen-bond acceptors (Lipinski definition) is 4. The van der Waals surface area contributed by atoms with Crippen LogP contribution < -0.4 is 5.32 Å². The maximum atomic E-state index is 11.3. The number of carbonyl (C=O) groups excluding carboxylic acids is 1. The maximum Gasteiger partial charge on any atom is 0.408 e. The van der Waals surface area contributed by atoms with Gasteiger partial charge in [-0.15, -0.1) is 0 Å². The van der Waals surface area contributed by atoms with E-state index in [0.717, 1.165) is 0 Å². The van der Waals surface area contributed by atoms with Gasteiger partial charge in [-0.2, -0.15) is 10.5 Å². The Kier molecular flexibility index (Phi) is 5.95. The number of rotatable bonds is 4. The third-order valence-electron chi connectivity index (χ3n) is 1.63. The Morgan fingerprint density at radius 3 is 2.50 bits per heavy atom. The van der Waals surface area contributed by atoms with Crippen LogP contribution in [0, 0.1) is 22.7 Å². The summed E-state index contributed by atoms with van der Waals surface area (Å²) in [6.45, 7) is 5.26. The largest absolute Gasteiger partial charge is 0.444 e. The summed E-state index contributed by atoms with van der Waals surface area (Å²) in [6, 6.07) is 3.35. The van der Waals surface area contributed by atoms with Crippen LogP contribution in [0.25, 0.3) is 0 Å². The average Bonchev–Trinajstić information content (AvgIpc) is 2.13. The predicted octanol–water partition coefficient (Wildman–Crippen LogP) is 2.10. The van der Waals surface area contributed by atoms with Crippen LogP contribution in [0.5, 0.6) is 0 Å². The van der Waals surface area contributed by atoms with Gasteiger partial charge in [-0.25, -0.2) is 4.79 Å². The Bertz CT molecular complexity index is 307. The molecule has 16 heavy (non-hydrogen) atoms. The number of unbranched alkanes of at least 4 members (excludes halogenated alkanes) is 1. The number of nitrogens with one attached hydrogen (secondary N) is 1. The van der Waals surface area contributed by atoms with Gasteiger partial charge in [0.15, 0.2) is 0 Å². The molecule has 1 amide bonds. The zero-order valence-electron chi connectivity index (χ0n) is 9.91. The highest BCUT2D eigenvalue weighted by molar-refractivity contribution is 5.68. The van der Waals surface area contributed by atoms with Crippen LogP contribution in [-0.4, -0.2) is 17.7 Å². The highest BCUT2D eigenvalue weighted by Gasteiger charge is 2.18. The highest BCUT2D eigenvalue weighted by atomic mass is 16.6. The number of nitriles is 2. The van der Waals surface area contributed by atoms with Crippen LogP contribution in [0.3, 0.4) is 0 Å². The minimum Gasteiger partial charge on any atom is -0.444 e. The monoisotopic (exact) mass is 223 g/mol. The van der Waals surface area contributed by atoms with Gasteiger partial charge >= 0.3 is 6.09 Å². The fourth-order valence-corrected chi connectivity index (χ4v) is 1.00. The zero-order chi connectivity index (χ0) is 12.6. The topological polar surface area (TPSA) is 85.9 Å². The second kappa shape index (κ2) is 6.68. The quantitative estimate of drug-likeness (QED) is 0.739. The number of amides is 1. The summed E-state index contributed by atoms with van der Waals surface area (Å²) in [4.78, 5) is 11.3. The van der Waals surface area contributed by atoms with E-state index in [4.69, 9.17) is 15.3 Å². The first kappa shape index (κ1) is 14.2. The van der Waals surface area contributed by atoms with Crippen LogP contribution in [0.15, 0.2) is 0 Å². The summed E-state index contributed by atoms with van der Waals surface area (Å²) in [6.07, 6.45) is 0.832. The fraction of sp³-hybridized carbons (Fsp3) is 0.727. The van der Waals surface area contributed by atoms with E-state index in [1.54, 1.807) is 20.8 Å². The number of hydrogen-bond donors (Lipinski definition) is 1. The summed E-state index contributed by atoms with van der Waals surface area (Å²) >= 11 is 0. The van der Waals surface area contributed by atoms with Gasteiger partial charge in [-0.1, -0.05) is 0 Å². The second-order valence-electron chi connectivity index (χ2n) is 4.38. The lowest BCUT2D eigenvalue weighted by Crippen LogP contribution is -2.38. The minimum atomic E-state index is -0.601.